The third-order valence-corrected chi connectivity index (χ3v) is 5.52. The highest BCUT2D eigenvalue weighted by Crippen LogP contribution is 2.39. The Hall–Kier alpha value is -2.63. The van der Waals surface area contributed by atoms with Crippen molar-refractivity contribution in [1.82, 2.24) is 14.7 Å². The molecule has 1 saturated heterocycles. The van der Waals surface area contributed by atoms with Crippen molar-refractivity contribution in [2.24, 2.45) is 0 Å². The van der Waals surface area contributed by atoms with E-state index in [0.29, 0.717) is 29.0 Å². The molecule has 0 radical (unpaired) electrons. The fourth-order valence-corrected chi connectivity index (χ4v) is 3.86. The van der Waals surface area contributed by atoms with Crippen LogP contribution in [0.4, 0.5) is 29.3 Å². The Bertz CT molecular complexity index is 989. The van der Waals surface area contributed by atoms with E-state index in [-0.39, 0.29) is 37.4 Å². The summed E-state index contributed by atoms with van der Waals surface area (Å²) in [5, 5.41) is 3.77. The van der Waals surface area contributed by atoms with Crippen LogP contribution in [0.3, 0.4) is 0 Å². The minimum atomic E-state index is -4.71. The van der Waals surface area contributed by atoms with E-state index >= 15 is 0 Å². The van der Waals surface area contributed by atoms with Gasteiger partial charge in [0.25, 0.3) is 5.56 Å². The van der Waals surface area contributed by atoms with Crippen LogP contribution in [0.1, 0.15) is 30.6 Å². The van der Waals surface area contributed by atoms with Crippen molar-refractivity contribution in [2.45, 2.75) is 45.1 Å². The van der Waals surface area contributed by atoms with Crippen molar-refractivity contribution in [2.75, 3.05) is 36.1 Å². The van der Waals surface area contributed by atoms with Crippen LogP contribution >= 0.6 is 0 Å². The highest BCUT2D eigenvalue weighted by Gasteiger charge is 2.46. The van der Waals surface area contributed by atoms with Gasteiger partial charge in [0, 0.05) is 18.7 Å². The lowest BCUT2D eigenvalue weighted by Gasteiger charge is -2.39. The Kier molecular flexibility index (Phi) is 5.20. The van der Waals surface area contributed by atoms with Crippen molar-refractivity contribution in [1.29, 1.82) is 0 Å². The predicted octanol–water partition coefficient (Wildman–Crippen LogP) is 2.42. The first-order valence-corrected chi connectivity index (χ1v) is 9.56. The lowest BCUT2D eigenvalue weighted by atomic mass is 10.1. The van der Waals surface area contributed by atoms with Gasteiger partial charge in [-0.25, -0.2) is 0 Å². The van der Waals surface area contributed by atoms with Crippen LogP contribution in [-0.4, -0.2) is 53.2 Å². The molecule has 12 heteroatoms. The van der Waals surface area contributed by atoms with Gasteiger partial charge in [0.1, 0.15) is 12.3 Å². The number of aryl methyl sites for hydroxylation is 1. The summed E-state index contributed by atoms with van der Waals surface area (Å²) in [5.74, 6) is -1.76. The molecule has 4 heterocycles. The maximum absolute atomic E-state index is 15.0. The summed E-state index contributed by atoms with van der Waals surface area (Å²) in [6.07, 6.45) is -3.71. The minimum Gasteiger partial charge on any atom is -0.377 e. The molecule has 0 amide bonds. The molecule has 2 aromatic rings. The highest BCUT2D eigenvalue weighted by molar-refractivity contribution is 5.48. The normalized spacial score (nSPS) is 22.3. The molecule has 1 fully saturated rings. The molecule has 30 heavy (non-hydrogen) atoms. The van der Waals surface area contributed by atoms with Crippen LogP contribution in [0.15, 0.2) is 15.6 Å². The average molecular weight is 431 g/mol. The fourth-order valence-electron chi connectivity index (χ4n) is 3.86. The van der Waals surface area contributed by atoms with Crippen LogP contribution in [0.2, 0.25) is 0 Å². The lowest BCUT2D eigenvalue weighted by molar-refractivity contribution is -0.171. The van der Waals surface area contributed by atoms with Crippen molar-refractivity contribution in [3.8, 4) is 0 Å². The number of morpholine rings is 1. The SMILES string of the molecule is Cc1nocc1CN1CC[C@H](C(F)(F)F)n2c1nc(N1CCOC[C@H]1C)c(F)c2=O. The van der Waals surface area contributed by atoms with E-state index in [9.17, 15) is 22.4 Å². The molecule has 0 bridgehead atoms. The molecule has 164 valence electrons. The van der Waals surface area contributed by atoms with Crippen molar-refractivity contribution in [3.63, 3.8) is 0 Å². The van der Waals surface area contributed by atoms with E-state index in [1.807, 2.05) is 0 Å². The molecule has 0 unspecified atom stereocenters. The van der Waals surface area contributed by atoms with Gasteiger partial charge in [-0.3, -0.25) is 9.36 Å². The van der Waals surface area contributed by atoms with Gasteiger partial charge in [0.05, 0.1) is 31.5 Å². The van der Waals surface area contributed by atoms with Gasteiger partial charge >= 0.3 is 6.18 Å². The first-order valence-electron chi connectivity index (χ1n) is 9.56. The molecule has 0 aromatic carbocycles. The standard InChI is InChI=1S/C18H21F4N5O3/c1-10-8-29-6-5-26(10)15-14(19)16(28)27-13(18(20,21)22)3-4-25(17(27)23-15)7-12-9-30-24-11(12)2/h9-10,13H,3-8H2,1-2H3/t10-,13-/m1/s1. The van der Waals surface area contributed by atoms with E-state index in [2.05, 4.69) is 10.1 Å². The summed E-state index contributed by atoms with van der Waals surface area (Å²) in [4.78, 5) is 20.1. The third kappa shape index (κ3) is 3.53. The number of aromatic nitrogens is 3. The molecule has 8 nitrogen and oxygen atoms in total. The average Bonchev–Trinajstić information content (AvgIpc) is 3.09. The smallest absolute Gasteiger partial charge is 0.377 e. The quantitative estimate of drug-likeness (QED) is 0.691. The summed E-state index contributed by atoms with van der Waals surface area (Å²) in [5.41, 5.74) is -0.111. The number of alkyl halides is 3. The van der Waals surface area contributed by atoms with Gasteiger partial charge in [0.15, 0.2) is 5.82 Å². The molecule has 2 aliphatic heterocycles. The predicted molar refractivity (Wildman–Crippen MR) is 98.1 cm³/mol. The zero-order chi connectivity index (χ0) is 21.6. The molecule has 2 aromatic heterocycles. The maximum Gasteiger partial charge on any atom is 0.409 e. The van der Waals surface area contributed by atoms with Crippen molar-refractivity contribution in [3.05, 3.63) is 33.7 Å². The number of fused-ring (bicyclic) bond motifs is 1. The molecule has 4 rings (SSSR count). The number of hydrogen-bond donors (Lipinski definition) is 0. The number of rotatable bonds is 3. The lowest BCUT2D eigenvalue weighted by Crippen LogP contribution is -2.49. The minimum absolute atomic E-state index is 0.00895. The van der Waals surface area contributed by atoms with Crippen LogP contribution < -0.4 is 15.4 Å². The highest BCUT2D eigenvalue weighted by atomic mass is 19.4. The van der Waals surface area contributed by atoms with Gasteiger partial charge in [0.2, 0.25) is 11.8 Å². The van der Waals surface area contributed by atoms with Gasteiger partial charge in [-0.15, -0.1) is 0 Å². The second-order valence-electron chi connectivity index (χ2n) is 7.53. The number of nitrogens with zero attached hydrogens (tertiary/aromatic N) is 5. The van der Waals surface area contributed by atoms with Crippen molar-refractivity contribution >= 4 is 11.8 Å². The van der Waals surface area contributed by atoms with Crippen LogP contribution in [-0.2, 0) is 11.3 Å². The first kappa shape index (κ1) is 20.6. The summed E-state index contributed by atoms with van der Waals surface area (Å²) in [6, 6.07) is -2.42. The Morgan fingerprint density at radius 2 is 2.07 bits per heavy atom. The zero-order valence-electron chi connectivity index (χ0n) is 16.4. The Labute approximate surface area is 169 Å². The molecule has 2 aliphatic rings. The van der Waals surface area contributed by atoms with Crippen LogP contribution in [0, 0.1) is 12.7 Å². The Balaban J connectivity index is 1.84. The van der Waals surface area contributed by atoms with E-state index in [0.717, 1.165) is 0 Å². The van der Waals surface area contributed by atoms with Gasteiger partial charge in [-0.2, -0.15) is 22.5 Å². The number of halogens is 4. The van der Waals surface area contributed by atoms with Crippen LogP contribution in [0.25, 0.3) is 0 Å². The molecule has 0 N–H and O–H groups in total. The van der Waals surface area contributed by atoms with Crippen LogP contribution in [0.5, 0.6) is 0 Å². The number of ether oxygens (including phenoxy) is 1. The van der Waals surface area contributed by atoms with Gasteiger partial charge in [-0.1, -0.05) is 5.16 Å². The monoisotopic (exact) mass is 431 g/mol. The second-order valence-corrected chi connectivity index (χ2v) is 7.53. The first-order chi connectivity index (χ1) is 14.2. The Morgan fingerprint density at radius 3 is 2.70 bits per heavy atom. The maximum atomic E-state index is 15.0. The molecule has 0 aliphatic carbocycles. The van der Waals surface area contributed by atoms with Crippen molar-refractivity contribution < 1.29 is 26.8 Å². The summed E-state index contributed by atoms with van der Waals surface area (Å²) in [6.45, 7) is 4.48. The molecule has 0 saturated carbocycles. The molecule has 0 spiro atoms. The van der Waals surface area contributed by atoms with E-state index in [1.54, 1.807) is 18.7 Å². The van der Waals surface area contributed by atoms with Gasteiger partial charge in [-0.05, 0) is 20.3 Å². The zero-order valence-corrected chi connectivity index (χ0v) is 16.4. The molecule has 2 atom stereocenters. The summed E-state index contributed by atoms with van der Waals surface area (Å²) >= 11 is 0. The molecular weight excluding hydrogens is 410 g/mol. The fraction of sp³-hybridized carbons (Fsp3) is 0.611. The molecular formula is C18H21F4N5O3. The van der Waals surface area contributed by atoms with E-state index < -0.39 is 30.0 Å². The number of anilines is 2. The van der Waals surface area contributed by atoms with Gasteiger partial charge < -0.3 is 19.1 Å². The number of hydrogen-bond acceptors (Lipinski definition) is 7. The second kappa shape index (κ2) is 7.56. The summed E-state index contributed by atoms with van der Waals surface area (Å²) < 4.78 is 66.6. The van der Waals surface area contributed by atoms with E-state index in [1.165, 1.54) is 11.2 Å². The van der Waals surface area contributed by atoms with E-state index in [4.69, 9.17) is 9.26 Å². The largest absolute Gasteiger partial charge is 0.409 e. The Morgan fingerprint density at radius 1 is 1.30 bits per heavy atom. The third-order valence-electron chi connectivity index (χ3n) is 5.52. The topological polar surface area (TPSA) is 76.6 Å². The summed E-state index contributed by atoms with van der Waals surface area (Å²) in [7, 11) is 0.